The van der Waals surface area contributed by atoms with Gasteiger partial charge in [0.15, 0.2) is 0 Å². The van der Waals surface area contributed by atoms with Gasteiger partial charge >= 0.3 is 0 Å². The van der Waals surface area contributed by atoms with Crippen LogP contribution in [0.2, 0.25) is 0 Å². The van der Waals surface area contributed by atoms with Crippen LogP contribution >= 0.6 is 0 Å². The molecular formula is C25H32N4. The second kappa shape index (κ2) is 7.92. The van der Waals surface area contributed by atoms with E-state index in [0.717, 1.165) is 44.0 Å². The minimum absolute atomic E-state index is 0.750. The van der Waals surface area contributed by atoms with Crippen LogP contribution in [0.4, 0.5) is 0 Å². The Morgan fingerprint density at radius 2 is 1.66 bits per heavy atom. The van der Waals surface area contributed by atoms with E-state index in [2.05, 4.69) is 70.8 Å². The smallest absolute Gasteiger partial charge is 0.111 e. The first-order chi connectivity index (χ1) is 14.2. The zero-order valence-corrected chi connectivity index (χ0v) is 17.8. The average molecular weight is 389 g/mol. The summed E-state index contributed by atoms with van der Waals surface area (Å²) in [6, 6.07) is 16.5. The third-order valence-corrected chi connectivity index (χ3v) is 6.96. The van der Waals surface area contributed by atoms with E-state index in [-0.39, 0.29) is 0 Å². The predicted molar refractivity (Wildman–Crippen MR) is 120 cm³/mol. The summed E-state index contributed by atoms with van der Waals surface area (Å²) in [4.78, 5) is 10.2. The molecule has 0 amide bonds. The first-order valence-corrected chi connectivity index (χ1v) is 11.2. The highest BCUT2D eigenvalue weighted by Gasteiger charge is 2.26. The molecule has 2 aromatic carbocycles. The minimum atomic E-state index is 0.750. The van der Waals surface area contributed by atoms with Crippen molar-refractivity contribution < 1.29 is 0 Å². The Balaban J connectivity index is 1.36. The highest BCUT2D eigenvalue weighted by molar-refractivity contribution is 5.82. The van der Waals surface area contributed by atoms with Gasteiger partial charge in [-0.15, -0.1) is 0 Å². The number of benzene rings is 2. The number of hydrogen-bond acceptors (Lipinski definition) is 3. The fourth-order valence-electron chi connectivity index (χ4n) is 5.04. The van der Waals surface area contributed by atoms with Gasteiger partial charge in [0.1, 0.15) is 5.82 Å². The van der Waals surface area contributed by atoms with Gasteiger partial charge in [-0.3, -0.25) is 4.90 Å². The molecule has 2 aliphatic heterocycles. The molecular weight excluding hydrogens is 356 g/mol. The van der Waals surface area contributed by atoms with Gasteiger partial charge in [-0.05, 0) is 68.2 Å². The molecule has 4 heteroatoms. The van der Waals surface area contributed by atoms with Gasteiger partial charge in [0, 0.05) is 32.1 Å². The second-order valence-corrected chi connectivity index (χ2v) is 8.75. The summed E-state index contributed by atoms with van der Waals surface area (Å²) < 4.78 is 2.47. The highest BCUT2D eigenvalue weighted by Crippen LogP contribution is 2.27. The average Bonchev–Trinajstić information content (AvgIpc) is 2.98. The molecule has 152 valence electrons. The standard InChI is InChI=1S/C25H32N4/c1-3-19-4-6-20(7-5-19)21-8-9-24-23(18-21)26-25-12-15-28(16-17-29(24)25)22-10-13-27(2)14-11-22/h4-9,18,22H,3,10-17H2,1-2H3. The van der Waals surface area contributed by atoms with E-state index in [0.29, 0.717) is 0 Å². The molecule has 3 aromatic rings. The highest BCUT2D eigenvalue weighted by atomic mass is 15.2. The second-order valence-electron chi connectivity index (χ2n) is 8.75. The van der Waals surface area contributed by atoms with Gasteiger partial charge in [0.25, 0.3) is 0 Å². The quantitative estimate of drug-likeness (QED) is 0.671. The van der Waals surface area contributed by atoms with Gasteiger partial charge in [0.05, 0.1) is 11.0 Å². The SMILES string of the molecule is CCc1ccc(-c2ccc3c(c2)nc2n3CCN(C3CCN(C)CC3)CC2)cc1. The molecule has 0 bridgehead atoms. The number of imidazole rings is 1. The lowest BCUT2D eigenvalue weighted by atomic mass is 10.0. The molecule has 1 fully saturated rings. The maximum atomic E-state index is 5.05. The summed E-state index contributed by atoms with van der Waals surface area (Å²) in [5, 5.41) is 0. The first-order valence-electron chi connectivity index (χ1n) is 11.2. The van der Waals surface area contributed by atoms with Gasteiger partial charge in [-0.1, -0.05) is 37.3 Å². The number of likely N-dealkylation sites (tertiary alicyclic amines) is 1. The van der Waals surface area contributed by atoms with Crippen molar-refractivity contribution >= 4 is 11.0 Å². The van der Waals surface area contributed by atoms with E-state index < -0.39 is 0 Å². The summed E-state index contributed by atoms with van der Waals surface area (Å²) >= 11 is 0. The van der Waals surface area contributed by atoms with E-state index in [1.807, 2.05) is 0 Å². The van der Waals surface area contributed by atoms with Crippen molar-refractivity contribution in [2.45, 2.75) is 45.2 Å². The molecule has 5 rings (SSSR count). The summed E-state index contributed by atoms with van der Waals surface area (Å²) in [5.41, 5.74) is 6.36. The third-order valence-electron chi connectivity index (χ3n) is 6.96. The normalized spacial score (nSPS) is 19.4. The third kappa shape index (κ3) is 3.72. The van der Waals surface area contributed by atoms with Crippen molar-refractivity contribution in [3.05, 3.63) is 53.9 Å². The van der Waals surface area contributed by atoms with Gasteiger partial charge in [-0.2, -0.15) is 0 Å². The zero-order valence-electron chi connectivity index (χ0n) is 17.8. The fourth-order valence-corrected chi connectivity index (χ4v) is 5.04. The number of nitrogens with zero attached hydrogens (tertiary/aromatic N) is 4. The summed E-state index contributed by atoms with van der Waals surface area (Å²) in [6.07, 6.45) is 4.75. The van der Waals surface area contributed by atoms with E-state index in [9.17, 15) is 0 Å². The molecule has 29 heavy (non-hydrogen) atoms. The van der Waals surface area contributed by atoms with Crippen LogP contribution in [0.1, 0.15) is 31.2 Å². The molecule has 0 atom stereocenters. The number of aryl methyl sites for hydroxylation is 1. The van der Waals surface area contributed by atoms with Crippen LogP contribution < -0.4 is 0 Å². The van der Waals surface area contributed by atoms with E-state index in [1.165, 1.54) is 54.0 Å². The number of piperidine rings is 1. The molecule has 3 heterocycles. The number of hydrogen-bond donors (Lipinski definition) is 0. The summed E-state index contributed by atoms with van der Waals surface area (Å²) in [7, 11) is 2.24. The fraction of sp³-hybridized carbons (Fsp3) is 0.480. The van der Waals surface area contributed by atoms with E-state index >= 15 is 0 Å². The lowest BCUT2D eigenvalue weighted by Gasteiger charge is -2.36. The molecule has 0 spiro atoms. The number of fused-ring (bicyclic) bond motifs is 3. The van der Waals surface area contributed by atoms with Crippen molar-refractivity contribution in [1.82, 2.24) is 19.4 Å². The van der Waals surface area contributed by atoms with E-state index in [1.54, 1.807) is 0 Å². The van der Waals surface area contributed by atoms with Crippen molar-refractivity contribution in [3.8, 4) is 11.1 Å². The number of aromatic nitrogens is 2. The molecule has 0 unspecified atom stereocenters. The van der Waals surface area contributed by atoms with Gasteiger partial charge in [0.2, 0.25) is 0 Å². The minimum Gasteiger partial charge on any atom is -0.327 e. The van der Waals surface area contributed by atoms with Crippen molar-refractivity contribution in [2.75, 3.05) is 33.2 Å². The van der Waals surface area contributed by atoms with Crippen molar-refractivity contribution in [1.29, 1.82) is 0 Å². The van der Waals surface area contributed by atoms with Crippen LogP contribution in [-0.2, 0) is 19.4 Å². The summed E-state index contributed by atoms with van der Waals surface area (Å²) in [6.45, 7) is 8.01. The molecule has 0 saturated carbocycles. The Morgan fingerprint density at radius 1 is 0.897 bits per heavy atom. The maximum Gasteiger partial charge on any atom is 0.111 e. The zero-order chi connectivity index (χ0) is 19.8. The molecule has 1 saturated heterocycles. The Morgan fingerprint density at radius 3 is 2.41 bits per heavy atom. The maximum absolute atomic E-state index is 5.05. The summed E-state index contributed by atoms with van der Waals surface area (Å²) in [5.74, 6) is 1.26. The molecule has 0 radical (unpaired) electrons. The predicted octanol–water partition coefficient (Wildman–Crippen LogP) is 4.22. The van der Waals surface area contributed by atoms with Crippen LogP contribution in [0.25, 0.3) is 22.2 Å². The van der Waals surface area contributed by atoms with Crippen LogP contribution in [0.5, 0.6) is 0 Å². The van der Waals surface area contributed by atoms with Crippen LogP contribution in [0.3, 0.4) is 0 Å². The lowest BCUT2D eigenvalue weighted by Crippen LogP contribution is -2.44. The van der Waals surface area contributed by atoms with Crippen LogP contribution in [0.15, 0.2) is 42.5 Å². The van der Waals surface area contributed by atoms with Gasteiger partial charge < -0.3 is 9.47 Å². The Labute approximate surface area is 174 Å². The molecule has 0 aliphatic carbocycles. The Kier molecular flexibility index (Phi) is 5.15. The molecule has 1 aromatic heterocycles. The molecule has 2 aliphatic rings. The van der Waals surface area contributed by atoms with Crippen molar-refractivity contribution in [3.63, 3.8) is 0 Å². The van der Waals surface area contributed by atoms with Gasteiger partial charge in [-0.25, -0.2) is 4.98 Å². The van der Waals surface area contributed by atoms with Crippen LogP contribution in [-0.4, -0.2) is 58.6 Å². The Hall–Kier alpha value is -2.17. The monoisotopic (exact) mass is 388 g/mol. The topological polar surface area (TPSA) is 24.3 Å². The first kappa shape index (κ1) is 18.8. The molecule has 0 N–H and O–H groups in total. The van der Waals surface area contributed by atoms with Crippen molar-refractivity contribution in [2.24, 2.45) is 0 Å². The molecule has 4 nitrogen and oxygen atoms in total. The largest absolute Gasteiger partial charge is 0.327 e. The number of rotatable bonds is 3. The lowest BCUT2D eigenvalue weighted by molar-refractivity contribution is 0.123. The van der Waals surface area contributed by atoms with E-state index in [4.69, 9.17) is 4.98 Å². The Bertz CT molecular complexity index is 980. The van der Waals surface area contributed by atoms with Crippen LogP contribution in [0, 0.1) is 0 Å².